The van der Waals surface area contributed by atoms with E-state index in [1.165, 1.54) is 0 Å². The van der Waals surface area contributed by atoms with Gasteiger partial charge in [-0.3, -0.25) is 9.59 Å². The minimum atomic E-state index is -0.497. The standard InChI is InChI=1S/C21H25N3O3/c22-21(26)16-2-1-3-19(14-16)27-18-7-5-17(6-8-18)24-20(25)9-4-15-10-12-23-13-11-15/h1-3,5-8,14-15,23H,4,9-13H2,(H2,22,26)(H,24,25). The molecule has 0 atom stereocenters. The molecule has 4 N–H and O–H groups in total. The highest BCUT2D eigenvalue weighted by molar-refractivity contribution is 5.93. The van der Waals surface area contributed by atoms with Gasteiger partial charge in [0.2, 0.25) is 11.8 Å². The van der Waals surface area contributed by atoms with Crippen molar-refractivity contribution in [3.05, 3.63) is 54.1 Å². The van der Waals surface area contributed by atoms with Crippen LogP contribution in [0.25, 0.3) is 0 Å². The zero-order chi connectivity index (χ0) is 19.1. The molecular formula is C21H25N3O3. The number of anilines is 1. The Kier molecular flexibility index (Phi) is 6.44. The van der Waals surface area contributed by atoms with E-state index in [1.54, 1.807) is 48.5 Å². The number of ether oxygens (including phenoxy) is 1. The molecule has 0 spiro atoms. The summed E-state index contributed by atoms with van der Waals surface area (Å²) in [6, 6.07) is 13.9. The van der Waals surface area contributed by atoms with E-state index in [-0.39, 0.29) is 5.91 Å². The number of nitrogens with two attached hydrogens (primary N) is 1. The first-order valence-corrected chi connectivity index (χ1v) is 9.28. The van der Waals surface area contributed by atoms with Crippen molar-refractivity contribution in [2.45, 2.75) is 25.7 Å². The van der Waals surface area contributed by atoms with Gasteiger partial charge in [0.1, 0.15) is 11.5 Å². The molecule has 1 aliphatic rings. The van der Waals surface area contributed by atoms with Crippen molar-refractivity contribution in [2.24, 2.45) is 11.7 Å². The average molecular weight is 367 g/mol. The largest absolute Gasteiger partial charge is 0.457 e. The van der Waals surface area contributed by atoms with Crippen molar-refractivity contribution >= 4 is 17.5 Å². The first kappa shape index (κ1) is 18.9. The van der Waals surface area contributed by atoms with E-state index in [1.807, 2.05) is 0 Å². The van der Waals surface area contributed by atoms with Crippen LogP contribution in [0.2, 0.25) is 0 Å². The molecule has 0 aromatic heterocycles. The summed E-state index contributed by atoms with van der Waals surface area (Å²) < 4.78 is 5.73. The molecule has 0 unspecified atom stereocenters. The number of benzene rings is 2. The van der Waals surface area contributed by atoms with E-state index in [0.29, 0.717) is 29.4 Å². The van der Waals surface area contributed by atoms with E-state index in [0.717, 1.165) is 38.0 Å². The molecule has 1 saturated heterocycles. The second kappa shape index (κ2) is 9.19. The molecule has 1 fully saturated rings. The maximum atomic E-state index is 12.1. The molecule has 1 aliphatic heterocycles. The Hall–Kier alpha value is -2.86. The van der Waals surface area contributed by atoms with Gasteiger partial charge >= 0.3 is 0 Å². The number of hydrogen-bond donors (Lipinski definition) is 3. The lowest BCUT2D eigenvalue weighted by molar-refractivity contribution is -0.116. The summed E-state index contributed by atoms with van der Waals surface area (Å²) >= 11 is 0. The van der Waals surface area contributed by atoms with Crippen LogP contribution in [0.3, 0.4) is 0 Å². The SMILES string of the molecule is NC(=O)c1cccc(Oc2ccc(NC(=O)CCC3CCNCC3)cc2)c1. The summed E-state index contributed by atoms with van der Waals surface area (Å²) in [5.74, 6) is 1.33. The summed E-state index contributed by atoms with van der Waals surface area (Å²) in [5, 5.41) is 6.26. The highest BCUT2D eigenvalue weighted by Gasteiger charge is 2.14. The van der Waals surface area contributed by atoms with Crippen molar-refractivity contribution in [1.82, 2.24) is 5.32 Å². The van der Waals surface area contributed by atoms with Crippen LogP contribution in [-0.2, 0) is 4.79 Å². The molecule has 3 rings (SSSR count). The van der Waals surface area contributed by atoms with Gasteiger partial charge in [-0.1, -0.05) is 6.07 Å². The summed E-state index contributed by atoms with van der Waals surface area (Å²) in [5.41, 5.74) is 6.41. The van der Waals surface area contributed by atoms with E-state index >= 15 is 0 Å². The summed E-state index contributed by atoms with van der Waals surface area (Å²) in [7, 11) is 0. The Morgan fingerprint density at radius 1 is 1.07 bits per heavy atom. The molecule has 0 aliphatic carbocycles. The predicted octanol–water partition coefficient (Wildman–Crippen LogP) is 3.30. The van der Waals surface area contributed by atoms with Gasteiger partial charge in [0.05, 0.1) is 0 Å². The normalized spacial score (nSPS) is 14.5. The third kappa shape index (κ3) is 5.82. The van der Waals surface area contributed by atoms with Crippen LogP contribution in [0.1, 0.15) is 36.0 Å². The molecule has 0 saturated carbocycles. The third-order valence-electron chi connectivity index (χ3n) is 4.73. The van der Waals surface area contributed by atoms with Gasteiger partial charge in [-0.2, -0.15) is 0 Å². The van der Waals surface area contributed by atoms with Gasteiger partial charge in [0, 0.05) is 17.7 Å². The molecule has 2 aromatic carbocycles. The number of carbonyl (C=O) groups is 2. The Morgan fingerprint density at radius 3 is 2.52 bits per heavy atom. The Morgan fingerprint density at radius 2 is 1.81 bits per heavy atom. The van der Waals surface area contributed by atoms with Crippen molar-refractivity contribution in [1.29, 1.82) is 0 Å². The first-order chi connectivity index (χ1) is 13.1. The van der Waals surface area contributed by atoms with Gasteiger partial charge in [-0.25, -0.2) is 0 Å². The molecule has 1 heterocycles. The highest BCUT2D eigenvalue weighted by Crippen LogP contribution is 2.24. The van der Waals surface area contributed by atoms with E-state index < -0.39 is 5.91 Å². The Balaban J connectivity index is 1.50. The van der Waals surface area contributed by atoms with Gasteiger partial charge < -0.3 is 21.1 Å². The molecule has 6 heteroatoms. The van der Waals surface area contributed by atoms with Crippen LogP contribution >= 0.6 is 0 Å². The number of hydrogen-bond acceptors (Lipinski definition) is 4. The summed E-state index contributed by atoms with van der Waals surface area (Å²) in [6.45, 7) is 2.10. The second-order valence-corrected chi connectivity index (χ2v) is 6.80. The third-order valence-corrected chi connectivity index (χ3v) is 4.73. The Bertz CT molecular complexity index is 784. The number of rotatable bonds is 7. The monoisotopic (exact) mass is 367 g/mol. The maximum Gasteiger partial charge on any atom is 0.248 e. The fourth-order valence-electron chi connectivity index (χ4n) is 3.18. The highest BCUT2D eigenvalue weighted by atomic mass is 16.5. The quantitative estimate of drug-likeness (QED) is 0.700. The molecule has 2 aromatic rings. The van der Waals surface area contributed by atoms with E-state index in [9.17, 15) is 9.59 Å². The fourth-order valence-corrected chi connectivity index (χ4v) is 3.18. The van der Waals surface area contributed by atoms with Crippen LogP contribution in [0.4, 0.5) is 5.69 Å². The van der Waals surface area contributed by atoms with Crippen molar-refractivity contribution in [3.63, 3.8) is 0 Å². The number of carbonyl (C=O) groups excluding carboxylic acids is 2. The van der Waals surface area contributed by atoms with Gasteiger partial charge in [-0.05, 0) is 80.7 Å². The van der Waals surface area contributed by atoms with Crippen LogP contribution in [0.5, 0.6) is 11.5 Å². The lowest BCUT2D eigenvalue weighted by Gasteiger charge is -2.22. The number of piperidine rings is 1. The van der Waals surface area contributed by atoms with Crippen molar-refractivity contribution in [3.8, 4) is 11.5 Å². The molecule has 27 heavy (non-hydrogen) atoms. The first-order valence-electron chi connectivity index (χ1n) is 9.28. The number of amides is 2. The average Bonchev–Trinajstić information content (AvgIpc) is 2.69. The molecule has 0 radical (unpaired) electrons. The molecule has 0 bridgehead atoms. The molecule has 2 amide bonds. The van der Waals surface area contributed by atoms with Gasteiger partial charge in [0.15, 0.2) is 0 Å². The lowest BCUT2D eigenvalue weighted by Crippen LogP contribution is -2.28. The lowest BCUT2D eigenvalue weighted by atomic mass is 9.93. The van der Waals surface area contributed by atoms with Crippen molar-refractivity contribution < 1.29 is 14.3 Å². The van der Waals surface area contributed by atoms with Gasteiger partial charge in [0.25, 0.3) is 0 Å². The van der Waals surface area contributed by atoms with E-state index in [4.69, 9.17) is 10.5 Å². The van der Waals surface area contributed by atoms with Gasteiger partial charge in [-0.15, -0.1) is 0 Å². The second-order valence-electron chi connectivity index (χ2n) is 6.80. The smallest absolute Gasteiger partial charge is 0.248 e. The number of primary amides is 1. The van der Waals surface area contributed by atoms with E-state index in [2.05, 4.69) is 10.6 Å². The molecule has 142 valence electrons. The molecule has 6 nitrogen and oxygen atoms in total. The van der Waals surface area contributed by atoms with Crippen molar-refractivity contribution in [2.75, 3.05) is 18.4 Å². The Labute approximate surface area is 159 Å². The zero-order valence-electron chi connectivity index (χ0n) is 15.2. The number of nitrogens with one attached hydrogen (secondary N) is 2. The van der Waals surface area contributed by atoms with Crippen LogP contribution in [0, 0.1) is 5.92 Å². The van der Waals surface area contributed by atoms with Crippen LogP contribution < -0.4 is 21.1 Å². The molecular weight excluding hydrogens is 342 g/mol. The topological polar surface area (TPSA) is 93.5 Å². The zero-order valence-corrected chi connectivity index (χ0v) is 15.2. The summed E-state index contributed by atoms with van der Waals surface area (Å²) in [4.78, 5) is 23.4. The van der Waals surface area contributed by atoms with Crippen LogP contribution in [0.15, 0.2) is 48.5 Å². The minimum Gasteiger partial charge on any atom is -0.457 e. The predicted molar refractivity (Wildman–Crippen MR) is 105 cm³/mol. The summed E-state index contributed by atoms with van der Waals surface area (Å²) in [6.07, 6.45) is 3.78. The maximum absolute atomic E-state index is 12.1. The van der Waals surface area contributed by atoms with Crippen LogP contribution in [-0.4, -0.2) is 24.9 Å². The minimum absolute atomic E-state index is 0.0383. The fraction of sp³-hybridized carbons (Fsp3) is 0.333.